The Bertz CT molecular complexity index is 680. The summed E-state index contributed by atoms with van der Waals surface area (Å²) in [6.45, 7) is 1.25. The molecule has 1 aromatic rings. The molecule has 2 fully saturated rings. The van der Waals surface area contributed by atoms with E-state index in [1.165, 1.54) is 5.56 Å². The molecule has 6 nitrogen and oxygen atoms in total. The van der Waals surface area contributed by atoms with Gasteiger partial charge in [0, 0.05) is 19.3 Å². The number of nitrogens with zero attached hydrogens (tertiary/aromatic N) is 1. The lowest BCUT2D eigenvalue weighted by Gasteiger charge is -2.42. The molecule has 2 heterocycles. The molecular formula is C19H24N2O4. The van der Waals surface area contributed by atoms with Gasteiger partial charge in [-0.3, -0.25) is 9.59 Å². The summed E-state index contributed by atoms with van der Waals surface area (Å²) in [5.74, 6) is 1.49. The van der Waals surface area contributed by atoms with E-state index in [4.69, 9.17) is 4.74 Å². The molecule has 3 aliphatic rings. The molecule has 1 aliphatic carbocycles. The van der Waals surface area contributed by atoms with Crippen LogP contribution in [0, 0.1) is 0 Å². The molecule has 0 bridgehead atoms. The number of piperidine rings is 1. The number of Topliss-reactive ketones (excluding diaryl/α,β-unsaturated/α-hetero) is 1. The second kappa shape index (κ2) is 6.67. The molecule has 0 aromatic heterocycles. The zero-order chi connectivity index (χ0) is 17.4. The maximum atomic E-state index is 11.5. The van der Waals surface area contributed by atoms with Crippen molar-refractivity contribution in [3.8, 4) is 5.75 Å². The number of anilines is 1. The highest BCUT2D eigenvalue weighted by molar-refractivity contribution is 5.79. The van der Waals surface area contributed by atoms with Crippen molar-refractivity contribution in [3.05, 3.63) is 23.8 Å². The van der Waals surface area contributed by atoms with E-state index in [1.807, 2.05) is 12.1 Å². The van der Waals surface area contributed by atoms with Crippen LogP contribution in [0.15, 0.2) is 18.2 Å². The average Bonchev–Trinajstić information content (AvgIpc) is 2.62. The number of rotatable bonds is 2. The van der Waals surface area contributed by atoms with Crippen LogP contribution >= 0.6 is 0 Å². The Balaban J connectivity index is 1.63. The minimum Gasteiger partial charge on any atom is -0.489 e. The Hall–Kier alpha value is -2.08. The first kappa shape index (κ1) is 16.4. The summed E-state index contributed by atoms with van der Waals surface area (Å²) >= 11 is 0. The molecule has 6 heteroatoms. The van der Waals surface area contributed by atoms with E-state index in [9.17, 15) is 14.7 Å². The number of carbonyl (C=O) groups is 2. The van der Waals surface area contributed by atoms with Crippen LogP contribution in [-0.4, -0.2) is 42.2 Å². The Kier molecular flexibility index (Phi) is 4.37. The fourth-order valence-electron chi connectivity index (χ4n) is 4.31. The van der Waals surface area contributed by atoms with Gasteiger partial charge >= 0.3 is 0 Å². The molecular weight excluding hydrogens is 320 g/mol. The molecule has 1 saturated heterocycles. The fraction of sp³-hybridized carbons (Fsp3) is 0.579. The van der Waals surface area contributed by atoms with Crippen LogP contribution in [0.1, 0.15) is 50.0 Å². The van der Waals surface area contributed by atoms with E-state index >= 15 is 0 Å². The number of ketones is 1. The molecule has 1 amide bonds. The van der Waals surface area contributed by atoms with Gasteiger partial charge in [-0.25, -0.2) is 0 Å². The van der Waals surface area contributed by atoms with Gasteiger partial charge in [-0.2, -0.15) is 0 Å². The van der Waals surface area contributed by atoms with Crippen LogP contribution in [0.4, 0.5) is 5.69 Å². The number of aliphatic hydroxyl groups excluding tert-OH is 1. The summed E-state index contributed by atoms with van der Waals surface area (Å²) < 4.78 is 6.02. The van der Waals surface area contributed by atoms with Crippen molar-refractivity contribution in [3.63, 3.8) is 0 Å². The van der Waals surface area contributed by atoms with Crippen LogP contribution in [0.5, 0.6) is 5.75 Å². The van der Waals surface area contributed by atoms with E-state index in [1.54, 1.807) is 0 Å². The van der Waals surface area contributed by atoms with Crippen molar-refractivity contribution in [1.82, 2.24) is 5.32 Å². The lowest BCUT2D eigenvalue weighted by atomic mass is 9.82. The quantitative estimate of drug-likeness (QED) is 0.854. The fourth-order valence-corrected chi connectivity index (χ4v) is 4.31. The molecule has 1 saturated carbocycles. The van der Waals surface area contributed by atoms with Crippen LogP contribution in [0.25, 0.3) is 0 Å². The SMILES string of the molecule is O=C1CCC(c2cccc3c2OCCN3[C@H]2CCC(=O)NC2O)CC1. The first-order chi connectivity index (χ1) is 12.1. The first-order valence-corrected chi connectivity index (χ1v) is 9.15. The monoisotopic (exact) mass is 344 g/mol. The third-order valence-corrected chi connectivity index (χ3v) is 5.64. The number of ether oxygens (including phenoxy) is 1. The van der Waals surface area contributed by atoms with Crippen molar-refractivity contribution in [2.75, 3.05) is 18.1 Å². The summed E-state index contributed by atoms with van der Waals surface area (Å²) in [5, 5.41) is 12.9. The largest absolute Gasteiger partial charge is 0.489 e. The number of fused-ring (bicyclic) bond motifs is 1. The van der Waals surface area contributed by atoms with Gasteiger partial charge in [0.25, 0.3) is 0 Å². The lowest BCUT2D eigenvalue weighted by Crippen LogP contribution is -2.57. The van der Waals surface area contributed by atoms with E-state index < -0.39 is 6.23 Å². The lowest BCUT2D eigenvalue weighted by molar-refractivity contribution is -0.127. The molecule has 2 N–H and O–H groups in total. The molecule has 4 rings (SSSR count). The summed E-state index contributed by atoms with van der Waals surface area (Å²) in [5.41, 5.74) is 2.16. The van der Waals surface area contributed by atoms with Gasteiger partial charge in [0.15, 0.2) is 0 Å². The van der Waals surface area contributed by atoms with Gasteiger partial charge in [-0.15, -0.1) is 0 Å². The number of nitrogens with one attached hydrogen (secondary N) is 1. The standard InChI is InChI=1S/C19H24N2O4/c22-13-6-4-12(5-7-13)14-2-1-3-15-18(14)25-11-10-21(15)16-8-9-17(23)20-19(16)24/h1-3,12,16,19,24H,4-11H2,(H,20,23)/t16-,19?/m0/s1. The molecule has 0 spiro atoms. The predicted octanol–water partition coefficient (Wildman–Crippen LogP) is 1.71. The van der Waals surface area contributed by atoms with Gasteiger partial charge in [-0.1, -0.05) is 12.1 Å². The second-order valence-electron chi connectivity index (χ2n) is 7.17. The smallest absolute Gasteiger partial charge is 0.222 e. The van der Waals surface area contributed by atoms with E-state index in [2.05, 4.69) is 16.3 Å². The molecule has 2 atom stereocenters. The topological polar surface area (TPSA) is 78.9 Å². The highest BCUT2D eigenvalue weighted by Crippen LogP contribution is 2.44. The van der Waals surface area contributed by atoms with Gasteiger partial charge in [0.05, 0.1) is 18.3 Å². The number of carbonyl (C=O) groups excluding carboxylic acids is 2. The number of hydrogen-bond donors (Lipinski definition) is 2. The minimum atomic E-state index is -0.858. The van der Waals surface area contributed by atoms with Gasteiger partial charge < -0.3 is 20.1 Å². The minimum absolute atomic E-state index is 0.0992. The Morgan fingerprint density at radius 1 is 1.12 bits per heavy atom. The highest BCUT2D eigenvalue weighted by Gasteiger charge is 2.36. The molecule has 25 heavy (non-hydrogen) atoms. The summed E-state index contributed by atoms with van der Waals surface area (Å²) in [4.78, 5) is 25.2. The Labute approximate surface area is 147 Å². The molecule has 2 aliphatic heterocycles. The number of aliphatic hydroxyl groups is 1. The Morgan fingerprint density at radius 3 is 2.68 bits per heavy atom. The van der Waals surface area contributed by atoms with Crippen molar-refractivity contribution in [2.45, 2.75) is 56.7 Å². The van der Waals surface area contributed by atoms with Crippen LogP contribution in [0.3, 0.4) is 0 Å². The summed E-state index contributed by atoms with van der Waals surface area (Å²) in [6.07, 6.45) is 3.24. The molecule has 1 aromatic carbocycles. The highest BCUT2D eigenvalue weighted by atomic mass is 16.5. The van der Waals surface area contributed by atoms with Crippen LogP contribution < -0.4 is 15.0 Å². The number of benzene rings is 1. The maximum Gasteiger partial charge on any atom is 0.222 e. The summed E-state index contributed by atoms with van der Waals surface area (Å²) in [6, 6.07) is 6.01. The van der Waals surface area contributed by atoms with Crippen LogP contribution in [-0.2, 0) is 9.59 Å². The Morgan fingerprint density at radius 2 is 1.92 bits per heavy atom. The zero-order valence-electron chi connectivity index (χ0n) is 14.2. The first-order valence-electron chi connectivity index (χ1n) is 9.15. The van der Waals surface area contributed by atoms with Gasteiger partial charge in [0.1, 0.15) is 24.4 Å². The van der Waals surface area contributed by atoms with E-state index in [0.29, 0.717) is 50.5 Å². The van der Waals surface area contributed by atoms with E-state index in [-0.39, 0.29) is 11.9 Å². The molecule has 0 radical (unpaired) electrons. The van der Waals surface area contributed by atoms with Crippen molar-refractivity contribution in [2.24, 2.45) is 0 Å². The van der Waals surface area contributed by atoms with Crippen LogP contribution in [0.2, 0.25) is 0 Å². The second-order valence-corrected chi connectivity index (χ2v) is 7.17. The third kappa shape index (κ3) is 3.11. The molecule has 1 unspecified atom stereocenters. The number of para-hydroxylation sites is 1. The van der Waals surface area contributed by atoms with Crippen molar-refractivity contribution >= 4 is 17.4 Å². The predicted molar refractivity (Wildman–Crippen MR) is 92.7 cm³/mol. The van der Waals surface area contributed by atoms with Gasteiger partial charge in [0.2, 0.25) is 5.91 Å². The summed E-state index contributed by atoms with van der Waals surface area (Å²) in [7, 11) is 0. The normalized spacial score (nSPS) is 27.5. The average molecular weight is 344 g/mol. The number of amides is 1. The molecule has 134 valence electrons. The zero-order valence-corrected chi connectivity index (χ0v) is 14.2. The maximum absolute atomic E-state index is 11.5. The third-order valence-electron chi connectivity index (χ3n) is 5.64. The van der Waals surface area contributed by atoms with E-state index in [0.717, 1.165) is 24.3 Å². The van der Waals surface area contributed by atoms with Gasteiger partial charge in [-0.05, 0) is 36.8 Å². The number of hydrogen-bond acceptors (Lipinski definition) is 5. The van der Waals surface area contributed by atoms with Crippen molar-refractivity contribution in [1.29, 1.82) is 0 Å². The van der Waals surface area contributed by atoms with Crippen molar-refractivity contribution < 1.29 is 19.4 Å².